The average Bonchev–Trinajstić information content (AvgIpc) is 1.88. The summed E-state index contributed by atoms with van der Waals surface area (Å²) in [5, 5.41) is 18.0. The van der Waals surface area contributed by atoms with Crippen LogP contribution in [0.1, 0.15) is 6.92 Å². The number of nitriles is 1. The quantitative estimate of drug-likeness (QED) is 0.320. The molecule has 0 aromatic rings. The summed E-state index contributed by atoms with van der Waals surface area (Å²) in [5.41, 5.74) is 0. The first-order valence-electron chi connectivity index (χ1n) is 2.83. The summed E-state index contributed by atoms with van der Waals surface area (Å²) >= 11 is 0. The molecule has 1 atom stereocenters. The van der Waals surface area contributed by atoms with Crippen LogP contribution in [0, 0.1) is 21.4 Å². The minimum Gasteiger partial charge on any atom is -0.460 e. The highest BCUT2D eigenvalue weighted by molar-refractivity contribution is 5.77. The summed E-state index contributed by atoms with van der Waals surface area (Å²) in [4.78, 5) is 19.5. The van der Waals surface area contributed by atoms with Gasteiger partial charge in [-0.25, -0.2) is 4.79 Å². The van der Waals surface area contributed by atoms with E-state index in [0.717, 1.165) is 0 Å². The summed E-state index contributed by atoms with van der Waals surface area (Å²) in [6.45, 7) is 1.54. The third kappa shape index (κ3) is 2.62. The molecule has 0 N–H and O–H groups in total. The predicted molar refractivity (Wildman–Crippen MR) is 33.0 cm³/mol. The first kappa shape index (κ1) is 9.36. The molecule has 0 heterocycles. The number of ether oxygens (including phenoxy) is 1. The molecule has 0 aromatic carbocycles. The van der Waals surface area contributed by atoms with E-state index in [4.69, 9.17) is 5.26 Å². The molecule has 0 aromatic heterocycles. The highest BCUT2D eigenvalue weighted by Crippen LogP contribution is 1.91. The largest absolute Gasteiger partial charge is 0.460 e. The van der Waals surface area contributed by atoms with Gasteiger partial charge in [0.05, 0.1) is 11.5 Å². The maximum Gasteiger partial charge on any atom is 0.397 e. The van der Waals surface area contributed by atoms with Crippen molar-refractivity contribution >= 4 is 5.97 Å². The molecule has 6 nitrogen and oxygen atoms in total. The van der Waals surface area contributed by atoms with Gasteiger partial charge in [-0.3, -0.25) is 10.1 Å². The Morgan fingerprint density at radius 1 is 1.91 bits per heavy atom. The third-order valence-corrected chi connectivity index (χ3v) is 0.843. The second kappa shape index (κ2) is 4.22. The first-order chi connectivity index (χ1) is 5.13. The van der Waals surface area contributed by atoms with Gasteiger partial charge in [-0.2, -0.15) is 5.26 Å². The van der Waals surface area contributed by atoms with E-state index in [2.05, 4.69) is 4.74 Å². The molecule has 0 fully saturated rings. The molecule has 0 rings (SSSR count). The van der Waals surface area contributed by atoms with Crippen molar-refractivity contribution < 1.29 is 14.5 Å². The highest BCUT2D eigenvalue weighted by Gasteiger charge is 2.30. The Morgan fingerprint density at radius 2 is 2.45 bits per heavy atom. The van der Waals surface area contributed by atoms with Gasteiger partial charge in [0.2, 0.25) is 0 Å². The highest BCUT2D eigenvalue weighted by atomic mass is 16.6. The zero-order valence-corrected chi connectivity index (χ0v) is 5.81. The predicted octanol–water partition coefficient (Wildman–Crippen LogP) is -0.282. The van der Waals surface area contributed by atoms with E-state index in [-0.39, 0.29) is 6.61 Å². The number of hydrogen-bond donors (Lipinski definition) is 0. The van der Waals surface area contributed by atoms with Gasteiger partial charge in [-0.15, -0.1) is 0 Å². The molecule has 60 valence electrons. The van der Waals surface area contributed by atoms with Crippen LogP contribution in [-0.2, 0) is 9.53 Å². The molecule has 0 saturated heterocycles. The molecule has 0 radical (unpaired) electrons. The molecular formula is C5H6N2O4. The fourth-order valence-corrected chi connectivity index (χ4v) is 0.407. The minimum atomic E-state index is -1.89. The lowest BCUT2D eigenvalue weighted by atomic mass is 10.3. The van der Waals surface area contributed by atoms with E-state index in [0.29, 0.717) is 0 Å². The monoisotopic (exact) mass is 158 g/mol. The van der Waals surface area contributed by atoms with Gasteiger partial charge in [0, 0.05) is 0 Å². The van der Waals surface area contributed by atoms with Gasteiger partial charge in [0.15, 0.2) is 6.07 Å². The van der Waals surface area contributed by atoms with E-state index >= 15 is 0 Å². The van der Waals surface area contributed by atoms with Gasteiger partial charge in [0.1, 0.15) is 0 Å². The molecule has 0 amide bonds. The third-order valence-electron chi connectivity index (χ3n) is 0.843. The molecule has 1 unspecified atom stereocenters. The molecule has 11 heavy (non-hydrogen) atoms. The van der Waals surface area contributed by atoms with Crippen LogP contribution in [0.2, 0.25) is 0 Å². The van der Waals surface area contributed by atoms with Crippen molar-refractivity contribution in [2.45, 2.75) is 13.0 Å². The smallest absolute Gasteiger partial charge is 0.397 e. The lowest BCUT2D eigenvalue weighted by molar-refractivity contribution is -0.495. The molecule has 6 heteroatoms. The lowest BCUT2D eigenvalue weighted by Crippen LogP contribution is -2.29. The number of nitrogens with zero attached hydrogens (tertiary/aromatic N) is 2. The number of hydrogen-bond acceptors (Lipinski definition) is 5. The summed E-state index contributed by atoms with van der Waals surface area (Å²) in [6.07, 6.45) is 0. The summed E-state index contributed by atoms with van der Waals surface area (Å²) in [5.74, 6) is -1.11. The Labute approximate surface area is 62.5 Å². The van der Waals surface area contributed by atoms with E-state index in [1.54, 1.807) is 0 Å². The fourth-order valence-electron chi connectivity index (χ4n) is 0.407. The fraction of sp³-hybridized carbons (Fsp3) is 0.600. The molecule has 0 spiro atoms. The standard InChI is InChI=1S/C5H6N2O4/c1-2-11-5(8)4(3-6)7(9)10/h4H,2H2,1H3. The SMILES string of the molecule is CCOC(=O)C(C#N)[N+](=O)[O-]. The van der Waals surface area contributed by atoms with Crippen LogP contribution >= 0.6 is 0 Å². The van der Waals surface area contributed by atoms with E-state index < -0.39 is 16.9 Å². The Morgan fingerprint density at radius 3 is 2.73 bits per heavy atom. The summed E-state index contributed by atoms with van der Waals surface area (Å²) in [7, 11) is 0. The molecule has 0 bridgehead atoms. The van der Waals surface area contributed by atoms with E-state index in [1.165, 1.54) is 13.0 Å². The van der Waals surface area contributed by atoms with Crippen LogP contribution in [0.5, 0.6) is 0 Å². The van der Waals surface area contributed by atoms with Crippen LogP contribution < -0.4 is 0 Å². The molecule has 0 aliphatic rings. The zero-order chi connectivity index (χ0) is 8.85. The van der Waals surface area contributed by atoms with Crippen LogP contribution in [0.15, 0.2) is 0 Å². The number of carbonyl (C=O) groups is 1. The Hall–Kier alpha value is -1.64. The van der Waals surface area contributed by atoms with E-state index in [1.807, 2.05) is 0 Å². The second-order valence-electron chi connectivity index (χ2n) is 1.57. The Kier molecular flexibility index (Phi) is 3.59. The normalized spacial score (nSPS) is 11.3. The van der Waals surface area contributed by atoms with Crippen LogP contribution in [0.25, 0.3) is 0 Å². The minimum absolute atomic E-state index is 0.0326. The first-order valence-corrected chi connectivity index (χ1v) is 2.83. The second-order valence-corrected chi connectivity index (χ2v) is 1.57. The van der Waals surface area contributed by atoms with Crippen molar-refractivity contribution in [2.24, 2.45) is 0 Å². The Bertz CT molecular complexity index is 207. The van der Waals surface area contributed by atoms with Crippen LogP contribution in [-0.4, -0.2) is 23.5 Å². The molecule has 0 aliphatic heterocycles. The Balaban J connectivity index is 4.18. The van der Waals surface area contributed by atoms with Gasteiger partial charge in [0.25, 0.3) is 0 Å². The molecule has 0 saturated carbocycles. The van der Waals surface area contributed by atoms with Crippen molar-refractivity contribution in [1.29, 1.82) is 5.26 Å². The van der Waals surface area contributed by atoms with E-state index in [9.17, 15) is 14.9 Å². The molecule has 0 aliphatic carbocycles. The van der Waals surface area contributed by atoms with Crippen LogP contribution in [0.3, 0.4) is 0 Å². The van der Waals surface area contributed by atoms with Crippen molar-refractivity contribution in [3.8, 4) is 6.07 Å². The number of nitro groups is 1. The number of carbonyl (C=O) groups excluding carboxylic acids is 1. The van der Waals surface area contributed by atoms with Crippen LogP contribution in [0.4, 0.5) is 0 Å². The van der Waals surface area contributed by atoms with Gasteiger partial charge < -0.3 is 4.74 Å². The topological polar surface area (TPSA) is 93.2 Å². The number of esters is 1. The van der Waals surface area contributed by atoms with Crippen molar-refractivity contribution in [2.75, 3.05) is 6.61 Å². The van der Waals surface area contributed by atoms with Gasteiger partial charge in [-0.1, -0.05) is 0 Å². The summed E-state index contributed by atoms with van der Waals surface area (Å²) in [6, 6.07) is -0.681. The van der Waals surface area contributed by atoms with Crippen molar-refractivity contribution in [1.82, 2.24) is 0 Å². The maximum absolute atomic E-state index is 10.5. The number of rotatable bonds is 3. The zero-order valence-electron chi connectivity index (χ0n) is 5.81. The lowest BCUT2D eigenvalue weighted by Gasteiger charge is -1.99. The maximum atomic E-state index is 10.5. The van der Waals surface area contributed by atoms with Crippen molar-refractivity contribution in [3.63, 3.8) is 0 Å². The molecular weight excluding hydrogens is 152 g/mol. The summed E-state index contributed by atoms with van der Waals surface area (Å²) < 4.78 is 4.25. The average molecular weight is 158 g/mol. The van der Waals surface area contributed by atoms with Crippen molar-refractivity contribution in [3.05, 3.63) is 10.1 Å². The van der Waals surface area contributed by atoms with Gasteiger partial charge >= 0.3 is 12.0 Å². The van der Waals surface area contributed by atoms with Gasteiger partial charge in [-0.05, 0) is 6.92 Å².